The molecule has 0 saturated carbocycles. The number of aryl methyl sites for hydroxylation is 2. The summed E-state index contributed by atoms with van der Waals surface area (Å²) in [4.78, 5) is 15.1. The average molecular weight is 273 g/mol. The highest BCUT2D eigenvalue weighted by Crippen LogP contribution is 2.21. The van der Waals surface area contributed by atoms with Crippen molar-refractivity contribution in [1.29, 1.82) is 0 Å². The molecule has 0 aliphatic rings. The van der Waals surface area contributed by atoms with Gasteiger partial charge in [0.2, 0.25) is 0 Å². The summed E-state index contributed by atoms with van der Waals surface area (Å²) in [7, 11) is 0. The summed E-state index contributed by atoms with van der Waals surface area (Å²) in [6.45, 7) is 7.06. The fourth-order valence-corrected chi connectivity index (χ4v) is 2.29. The van der Waals surface area contributed by atoms with Crippen molar-refractivity contribution in [2.75, 3.05) is 6.61 Å². The number of hydrogen-bond donors (Lipinski definition) is 1. The highest BCUT2D eigenvalue weighted by atomic mass is 16.5. The van der Waals surface area contributed by atoms with E-state index in [0.717, 1.165) is 23.0 Å². The fourth-order valence-electron chi connectivity index (χ4n) is 2.29. The molecule has 0 aliphatic carbocycles. The Bertz CT molecular complexity index is 671. The molecule has 1 aromatic carbocycles. The quantitative estimate of drug-likeness (QED) is 0.690. The molecule has 0 radical (unpaired) electrons. The smallest absolute Gasteiger partial charge is 0.435 e. The van der Waals surface area contributed by atoms with Crippen molar-refractivity contribution in [3.63, 3.8) is 0 Å². The van der Waals surface area contributed by atoms with Gasteiger partial charge in [-0.1, -0.05) is 12.1 Å². The Kier molecular flexibility index (Phi) is 4.08. The number of amides is 1. The first-order valence-corrected chi connectivity index (χ1v) is 6.68. The third kappa shape index (κ3) is 2.66. The van der Waals surface area contributed by atoms with Crippen molar-refractivity contribution < 1.29 is 9.53 Å². The highest BCUT2D eigenvalue weighted by molar-refractivity contribution is 6.04. The van der Waals surface area contributed by atoms with Crippen molar-refractivity contribution in [2.45, 2.75) is 27.3 Å². The molecular weight excluding hydrogens is 254 g/mol. The maximum Gasteiger partial charge on any atom is 0.435 e. The van der Waals surface area contributed by atoms with Gasteiger partial charge in [-0.15, -0.1) is 0 Å². The molecule has 0 saturated heterocycles. The zero-order chi connectivity index (χ0) is 14.7. The van der Waals surface area contributed by atoms with Crippen molar-refractivity contribution in [2.24, 2.45) is 10.7 Å². The minimum atomic E-state index is -0.660. The van der Waals surface area contributed by atoms with E-state index in [4.69, 9.17) is 10.5 Å². The Labute approximate surface area is 118 Å². The molecular formula is C15H19N3O2. The Morgan fingerprint density at radius 3 is 2.75 bits per heavy atom. The van der Waals surface area contributed by atoms with Crippen LogP contribution >= 0.6 is 0 Å². The summed E-state index contributed by atoms with van der Waals surface area (Å²) < 4.78 is 6.95. The summed E-state index contributed by atoms with van der Waals surface area (Å²) in [5.74, 6) is 0.173. The van der Waals surface area contributed by atoms with Gasteiger partial charge >= 0.3 is 6.09 Å². The maximum absolute atomic E-state index is 11.3. The molecule has 0 spiro atoms. The Morgan fingerprint density at radius 1 is 1.35 bits per heavy atom. The first-order chi connectivity index (χ1) is 9.56. The van der Waals surface area contributed by atoms with Crippen molar-refractivity contribution >= 4 is 22.8 Å². The number of aromatic nitrogens is 1. The molecule has 0 unspecified atom stereocenters. The molecule has 2 rings (SSSR count). The summed E-state index contributed by atoms with van der Waals surface area (Å²) in [5, 5.41) is 1.15. The zero-order valence-corrected chi connectivity index (χ0v) is 12.0. The summed E-state index contributed by atoms with van der Waals surface area (Å²) in [5.41, 5.74) is 8.86. The predicted molar refractivity (Wildman–Crippen MR) is 80.1 cm³/mol. The fraction of sp³-hybridized carbons (Fsp3) is 0.333. The second-order valence-electron chi connectivity index (χ2n) is 4.50. The molecule has 1 aromatic heterocycles. The van der Waals surface area contributed by atoms with Gasteiger partial charge in [-0.3, -0.25) is 0 Å². The van der Waals surface area contributed by atoms with Crippen LogP contribution in [0.4, 0.5) is 4.79 Å². The molecule has 1 heterocycles. The van der Waals surface area contributed by atoms with E-state index in [1.165, 1.54) is 5.69 Å². The number of carbonyl (C=O) groups excluding carboxylic acids is 1. The van der Waals surface area contributed by atoms with Crippen LogP contribution < -0.4 is 5.73 Å². The summed E-state index contributed by atoms with van der Waals surface area (Å²) in [6.07, 6.45) is -0.660. The van der Waals surface area contributed by atoms with Gasteiger partial charge in [0.25, 0.3) is 0 Å². The van der Waals surface area contributed by atoms with Gasteiger partial charge in [-0.2, -0.15) is 4.99 Å². The molecule has 20 heavy (non-hydrogen) atoms. The molecule has 2 aromatic rings. The van der Waals surface area contributed by atoms with Crippen LogP contribution in [0, 0.1) is 6.92 Å². The van der Waals surface area contributed by atoms with E-state index < -0.39 is 6.09 Å². The number of carbonyl (C=O) groups is 1. The van der Waals surface area contributed by atoms with Gasteiger partial charge in [-0.25, -0.2) is 4.79 Å². The monoisotopic (exact) mass is 273 g/mol. The minimum Gasteiger partial charge on any atom is -0.448 e. The van der Waals surface area contributed by atoms with Gasteiger partial charge in [0.15, 0.2) is 0 Å². The number of nitrogens with zero attached hydrogens (tertiary/aromatic N) is 2. The zero-order valence-electron chi connectivity index (χ0n) is 12.0. The Hall–Kier alpha value is -2.30. The van der Waals surface area contributed by atoms with E-state index in [0.29, 0.717) is 0 Å². The lowest BCUT2D eigenvalue weighted by Gasteiger charge is -2.06. The van der Waals surface area contributed by atoms with Crippen LogP contribution in [0.3, 0.4) is 0 Å². The summed E-state index contributed by atoms with van der Waals surface area (Å²) >= 11 is 0. The third-order valence-electron chi connectivity index (χ3n) is 3.20. The molecule has 0 atom stereocenters. The van der Waals surface area contributed by atoms with E-state index in [-0.39, 0.29) is 12.4 Å². The van der Waals surface area contributed by atoms with E-state index in [2.05, 4.69) is 29.5 Å². The van der Waals surface area contributed by atoms with E-state index >= 15 is 0 Å². The van der Waals surface area contributed by atoms with Crippen LogP contribution in [0.1, 0.15) is 25.1 Å². The molecule has 5 heteroatoms. The highest BCUT2D eigenvalue weighted by Gasteiger charge is 2.08. The molecule has 106 valence electrons. The molecule has 5 nitrogen and oxygen atoms in total. The molecule has 0 fully saturated rings. The number of amidine groups is 1. The number of fused-ring (bicyclic) bond motifs is 1. The van der Waals surface area contributed by atoms with Crippen LogP contribution in [0.5, 0.6) is 0 Å². The standard InChI is InChI=1S/C15H19N3O2/c1-4-18-10(3)8-11-6-7-12(9-13(11)18)14(16)17-15(19)20-5-2/h6-9H,4-5H2,1-3H3,(H2,16,17,19). The lowest BCUT2D eigenvalue weighted by atomic mass is 10.1. The molecule has 2 N–H and O–H groups in total. The van der Waals surface area contributed by atoms with Gasteiger partial charge in [0.1, 0.15) is 5.84 Å². The van der Waals surface area contributed by atoms with Crippen LogP contribution in [0.2, 0.25) is 0 Å². The van der Waals surface area contributed by atoms with Crippen LogP contribution in [-0.2, 0) is 11.3 Å². The van der Waals surface area contributed by atoms with Crippen LogP contribution in [-0.4, -0.2) is 23.1 Å². The first kappa shape index (κ1) is 14.1. The average Bonchev–Trinajstić information content (AvgIpc) is 2.72. The molecule has 0 bridgehead atoms. The molecule has 0 aliphatic heterocycles. The minimum absolute atomic E-state index is 0.173. The summed E-state index contributed by atoms with van der Waals surface area (Å²) in [6, 6.07) is 7.92. The predicted octanol–water partition coefficient (Wildman–Crippen LogP) is 2.83. The lowest BCUT2D eigenvalue weighted by Crippen LogP contribution is -2.16. The lowest BCUT2D eigenvalue weighted by molar-refractivity contribution is 0.163. The van der Waals surface area contributed by atoms with Crippen molar-refractivity contribution in [3.05, 3.63) is 35.5 Å². The number of benzene rings is 1. The van der Waals surface area contributed by atoms with Crippen molar-refractivity contribution in [3.8, 4) is 0 Å². The Morgan fingerprint density at radius 2 is 2.10 bits per heavy atom. The largest absolute Gasteiger partial charge is 0.448 e. The van der Waals surface area contributed by atoms with E-state index in [1.807, 2.05) is 18.2 Å². The number of nitrogens with two attached hydrogens (primary N) is 1. The van der Waals surface area contributed by atoms with Gasteiger partial charge in [-0.05, 0) is 38.3 Å². The SMILES string of the molecule is CCOC(=O)/N=C(\N)c1ccc2cc(C)n(CC)c2c1. The first-order valence-electron chi connectivity index (χ1n) is 6.68. The maximum atomic E-state index is 11.3. The molecule has 1 amide bonds. The third-order valence-corrected chi connectivity index (χ3v) is 3.20. The van der Waals surface area contributed by atoms with Crippen LogP contribution in [0.25, 0.3) is 10.9 Å². The number of rotatable bonds is 3. The Balaban J connectivity index is 2.43. The number of ether oxygens (including phenoxy) is 1. The second kappa shape index (κ2) is 5.77. The normalized spacial score (nSPS) is 11.8. The van der Waals surface area contributed by atoms with Gasteiger partial charge in [0, 0.05) is 23.3 Å². The van der Waals surface area contributed by atoms with Gasteiger partial charge < -0.3 is 15.0 Å². The van der Waals surface area contributed by atoms with Crippen molar-refractivity contribution in [1.82, 2.24) is 4.57 Å². The van der Waals surface area contributed by atoms with Crippen LogP contribution in [0.15, 0.2) is 29.3 Å². The topological polar surface area (TPSA) is 69.6 Å². The number of hydrogen-bond acceptors (Lipinski definition) is 2. The van der Waals surface area contributed by atoms with Gasteiger partial charge in [0.05, 0.1) is 6.61 Å². The van der Waals surface area contributed by atoms with E-state index in [9.17, 15) is 4.79 Å². The van der Waals surface area contributed by atoms with E-state index in [1.54, 1.807) is 6.92 Å². The number of aliphatic imine (C=N–C) groups is 1. The second-order valence-corrected chi connectivity index (χ2v) is 4.50.